The highest BCUT2D eigenvalue weighted by molar-refractivity contribution is 5.24. The van der Waals surface area contributed by atoms with E-state index in [4.69, 9.17) is 5.73 Å². The van der Waals surface area contributed by atoms with Crippen molar-refractivity contribution in [1.29, 1.82) is 0 Å². The Kier molecular flexibility index (Phi) is 4.97. The summed E-state index contributed by atoms with van der Waals surface area (Å²) in [5.41, 5.74) is 6.82. The molecule has 2 unspecified atom stereocenters. The van der Waals surface area contributed by atoms with E-state index in [0.29, 0.717) is 6.04 Å². The smallest absolute Gasteiger partial charge is 0.0656 e. The number of benzene rings is 1. The predicted octanol–water partition coefficient (Wildman–Crippen LogP) is 2.10. The molecule has 0 radical (unpaired) electrons. The normalized spacial score (nSPS) is 24.1. The van der Waals surface area contributed by atoms with Gasteiger partial charge in [0.15, 0.2) is 0 Å². The van der Waals surface area contributed by atoms with Gasteiger partial charge >= 0.3 is 0 Å². The van der Waals surface area contributed by atoms with Gasteiger partial charge in [-0.25, -0.2) is 0 Å². The van der Waals surface area contributed by atoms with E-state index >= 15 is 0 Å². The number of piperidine rings is 1. The van der Waals surface area contributed by atoms with Crippen LogP contribution in [-0.4, -0.2) is 35.7 Å². The monoisotopic (exact) mass is 262 g/mol. The van der Waals surface area contributed by atoms with E-state index in [1.54, 1.807) is 0 Å². The van der Waals surface area contributed by atoms with E-state index in [1.807, 2.05) is 30.3 Å². The van der Waals surface area contributed by atoms with Crippen molar-refractivity contribution in [2.24, 2.45) is 5.73 Å². The summed E-state index contributed by atoms with van der Waals surface area (Å²) in [6, 6.07) is 10.6. The molecule has 0 aliphatic carbocycles. The van der Waals surface area contributed by atoms with Crippen LogP contribution < -0.4 is 5.73 Å². The first-order chi connectivity index (χ1) is 9.15. The summed E-state index contributed by atoms with van der Waals surface area (Å²) >= 11 is 0. The fourth-order valence-corrected chi connectivity index (χ4v) is 2.92. The van der Waals surface area contributed by atoms with Gasteiger partial charge in [-0.2, -0.15) is 0 Å². The molecule has 2 atom stereocenters. The second kappa shape index (κ2) is 6.51. The third-order valence-electron chi connectivity index (χ3n) is 4.42. The van der Waals surface area contributed by atoms with Crippen molar-refractivity contribution >= 4 is 0 Å². The molecule has 1 aromatic carbocycles. The van der Waals surface area contributed by atoms with Gasteiger partial charge in [-0.3, -0.25) is 0 Å². The zero-order valence-electron chi connectivity index (χ0n) is 11.9. The molecule has 1 aliphatic rings. The quantitative estimate of drug-likeness (QED) is 0.854. The van der Waals surface area contributed by atoms with Gasteiger partial charge in [0.05, 0.1) is 12.1 Å². The minimum atomic E-state index is -0.613. The average Bonchev–Trinajstić information content (AvgIpc) is 2.47. The van der Waals surface area contributed by atoms with Crippen LogP contribution in [-0.2, 0) is 5.54 Å². The molecule has 3 N–H and O–H groups in total. The standard InChI is InChI=1S/C16H26N2O/c1-14-7-5-6-11-18(14)12-10-16(17,13-19)15-8-3-2-4-9-15/h2-4,8-9,14,19H,5-7,10-13,17H2,1H3. The van der Waals surface area contributed by atoms with E-state index in [9.17, 15) is 5.11 Å². The van der Waals surface area contributed by atoms with Crippen LogP contribution in [0.4, 0.5) is 0 Å². The Labute approximate surface area is 116 Å². The summed E-state index contributed by atoms with van der Waals surface area (Å²) < 4.78 is 0. The van der Waals surface area contributed by atoms with Gasteiger partial charge in [0.2, 0.25) is 0 Å². The molecule has 0 spiro atoms. The molecule has 1 aliphatic heterocycles. The van der Waals surface area contributed by atoms with Crippen molar-refractivity contribution in [2.75, 3.05) is 19.7 Å². The zero-order chi connectivity index (χ0) is 13.7. The third-order valence-corrected chi connectivity index (χ3v) is 4.42. The number of nitrogens with zero attached hydrogens (tertiary/aromatic N) is 1. The second-order valence-electron chi connectivity index (χ2n) is 5.81. The van der Waals surface area contributed by atoms with E-state index in [1.165, 1.54) is 19.3 Å². The minimum absolute atomic E-state index is 0.000760. The molecular weight excluding hydrogens is 236 g/mol. The van der Waals surface area contributed by atoms with Crippen LogP contribution in [0.25, 0.3) is 0 Å². The summed E-state index contributed by atoms with van der Waals surface area (Å²) in [5, 5.41) is 9.69. The van der Waals surface area contributed by atoms with Gasteiger partial charge in [0, 0.05) is 12.6 Å². The molecule has 0 bridgehead atoms. The van der Waals surface area contributed by atoms with Crippen LogP contribution in [0.5, 0.6) is 0 Å². The number of aliphatic hydroxyl groups is 1. The SMILES string of the molecule is CC1CCCCN1CCC(N)(CO)c1ccccc1. The molecule has 0 aromatic heterocycles. The summed E-state index contributed by atoms with van der Waals surface area (Å²) in [5.74, 6) is 0. The fraction of sp³-hybridized carbons (Fsp3) is 0.625. The van der Waals surface area contributed by atoms with Crippen molar-refractivity contribution in [1.82, 2.24) is 4.90 Å². The number of nitrogens with two attached hydrogens (primary N) is 1. The maximum absolute atomic E-state index is 9.69. The maximum Gasteiger partial charge on any atom is 0.0656 e. The second-order valence-corrected chi connectivity index (χ2v) is 5.81. The molecular formula is C16H26N2O. The van der Waals surface area contributed by atoms with Crippen LogP contribution in [0.2, 0.25) is 0 Å². The summed E-state index contributed by atoms with van der Waals surface area (Å²) in [7, 11) is 0. The van der Waals surface area contributed by atoms with Crippen molar-refractivity contribution in [3.05, 3.63) is 35.9 Å². The Morgan fingerprint density at radius 2 is 2.05 bits per heavy atom. The lowest BCUT2D eigenvalue weighted by Crippen LogP contribution is -2.46. The van der Waals surface area contributed by atoms with Gasteiger partial charge in [0.25, 0.3) is 0 Å². The molecule has 0 saturated carbocycles. The lowest BCUT2D eigenvalue weighted by Gasteiger charge is -2.36. The van der Waals surface area contributed by atoms with Crippen molar-refractivity contribution in [2.45, 2.75) is 44.2 Å². The highest BCUT2D eigenvalue weighted by atomic mass is 16.3. The van der Waals surface area contributed by atoms with E-state index in [0.717, 1.165) is 25.1 Å². The first-order valence-electron chi connectivity index (χ1n) is 7.35. The molecule has 3 heteroatoms. The van der Waals surface area contributed by atoms with Crippen molar-refractivity contribution < 1.29 is 5.11 Å². The van der Waals surface area contributed by atoms with Crippen LogP contribution in [0.15, 0.2) is 30.3 Å². The Bertz CT molecular complexity index is 382. The van der Waals surface area contributed by atoms with Gasteiger partial charge in [-0.1, -0.05) is 36.8 Å². The Hall–Kier alpha value is -0.900. The van der Waals surface area contributed by atoms with E-state index < -0.39 is 5.54 Å². The van der Waals surface area contributed by atoms with Crippen molar-refractivity contribution in [3.63, 3.8) is 0 Å². The van der Waals surface area contributed by atoms with Crippen LogP contribution in [0, 0.1) is 0 Å². The third kappa shape index (κ3) is 3.56. The largest absolute Gasteiger partial charge is 0.394 e. The number of hydrogen-bond acceptors (Lipinski definition) is 3. The summed E-state index contributed by atoms with van der Waals surface area (Å²) in [6.07, 6.45) is 4.70. The van der Waals surface area contributed by atoms with Gasteiger partial charge in [-0.05, 0) is 38.3 Å². The highest BCUT2D eigenvalue weighted by Crippen LogP contribution is 2.24. The van der Waals surface area contributed by atoms with Gasteiger partial charge in [-0.15, -0.1) is 0 Å². The summed E-state index contributed by atoms with van der Waals surface area (Å²) in [4.78, 5) is 2.50. The number of hydrogen-bond donors (Lipinski definition) is 2. The molecule has 1 aromatic rings. The lowest BCUT2D eigenvalue weighted by atomic mass is 9.88. The molecule has 1 saturated heterocycles. The number of rotatable bonds is 5. The molecule has 3 nitrogen and oxygen atoms in total. The first-order valence-corrected chi connectivity index (χ1v) is 7.35. The van der Waals surface area contributed by atoms with E-state index in [2.05, 4.69) is 11.8 Å². The Balaban J connectivity index is 1.99. The highest BCUT2D eigenvalue weighted by Gasteiger charge is 2.28. The molecule has 1 fully saturated rings. The van der Waals surface area contributed by atoms with E-state index in [-0.39, 0.29) is 6.61 Å². The maximum atomic E-state index is 9.69. The van der Waals surface area contributed by atoms with Crippen LogP contribution in [0.1, 0.15) is 38.2 Å². The molecule has 19 heavy (non-hydrogen) atoms. The predicted molar refractivity (Wildman–Crippen MR) is 78.9 cm³/mol. The molecule has 106 valence electrons. The minimum Gasteiger partial charge on any atom is -0.394 e. The Morgan fingerprint density at radius 3 is 2.68 bits per heavy atom. The first kappa shape index (κ1) is 14.5. The Morgan fingerprint density at radius 1 is 1.32 bits per heavy atom. The van der Waals surface area contributed by atoms with Gasteiger partial charge < -0.3 is 15.7 Å². The molecule has 1 heterocycles. The lowest BCUT2D eigenvalue weighted by molar-refractivity contribution is 0.123. The summed E-state index contributed by atoms with van der Waals surface area (Å²) in [6.45, 7) is 4.42. The number of aliphatic hydroxyl groups excluding tert-OH is 1. The zero-order valence-corrected chi connectivity index (χ0v) is 11.9. The van der Waals surface area contributed by atoms with Crippen molar-refractivity contribution in [3.8, 4) is 0 Å². The van der Waals surface area contributed by atoms with Crippen LogP contribution >= 0.6 is 0 Å². The fourth-order valence-electron chi connectivity index (χ4n) is 2.92. The number of likely N-dealkylation sites (tertiary alicyclic amines) is 1. The average molecular weight is 262 g/mol. The van der Waals surface area contributed by atoms with Gasteiger partial charge in [0.1, 0.15) is 0 Å². The topological polar surface area (TPSA) is 49.5 Å². The molecule has 2 rings (SSSR count). The molecule has 0 amide bonds. The van der Waals surface area contributed by atoms with Crippen LogP contribution in [0.3, 0.4) is 0 Å².